The van der Waals surface area contributed by atoms with Crippen LogP contribution in [0.1, 0.15) is 38.2 Å². The zero-order valence-corrected chi connectivity index (χ0v) is 11.7. The number of benzene rings is 1. The van der Waals surface area contributed by atoms with E-state index >= 15 is 0 Å². The Labute approximate surface area is 114 Å². The molecule has 1 nitrogen and oxygen atoms in total. The number of alkyl halides is 1. The summed E-state index contributed by atoms with van der Waals surface area (Å²) in [5, 5.41) is 0. The van der Waals surface area contributed by atoms with Crippen LogP contribution in [0.15, 0.2) is 18.2 Å². The summed E-state index contributed by atoms with van der Waals surface area (Å²) >= 11 is 5.79. The fourth-order valence-corrected chi connectivity index (χ4v) is 2.94. The van der Waals surface area contributed by atoms with Gasteiger partial charge in [-0.3, -0.25) is 0 Å². The van der Waals surface area contributed by atoms with Crippen molar-refractivity contribution in [1.82, 2.24) is 0 Å². The van der Waals surface area contributed by atoms with E-state index in [-0.39, 0.29) is 5.82 Å². The van der Waals surface area contributed by atoms with Gasteiger partial charge in [0.1, 0.15) is 5.82 Å². The highest BCUT2D eigenvalue weighted by Crippen LogP contribution is 2.27. The van der Waals surface area contributed by atoms with Crippen molar-refractivity contribution in [3.05, 3.63) is 29.6 Å². The molecule has 0 saturated carbocycles. The topological polar surface area (TPSA) is 3.24 Å². The average molecular weight is 270 g/mol. The number of anilines is 1. The summed E-state index contributed by atoms with van der Waals surface area (Å²) in [5.74, 6) is 1.04. The minimum absolute atomic E-state index is 0.182. The third kappa shape index (κ3) is 3.38. The molecule has 0 aliphatic carbocycles. The Morgan fingerprint density at radius 2 is 2.00 bits per heavy atom. The van der Waals surface area contributed by atoms with Crippen LogP contribution < -0.4 is 4.90 Å². The minimum atomic E-state index is -0.182. The van der Waals surface area contributed by atoms with Crippen molar-refractivity contribution >= 4 is 17.3 Å². The van der Waals surface area contributed by atoms with E-state index in [0.717, 1.165) is 30.3 Å². The maximum Gasteiger partial charge on any atom is 0.125 e. The zero-order valence-electron chi connectivity index (χ0n) is 11.0. The number of hydrogen-bond donors (Lipinski definition) is 0. The summed E-state index contributed by atoms with van der Waals surface area (Å²) in [4.78, 5) is 2.28. The molecule has 0 spiro atoms. The van der Waals surface area contributed by atoms with E-state index in [2.05, 4.69) is 11.8 Å². The molecular formula is C15H21ClFN. The van der Waals surface area contributed by atoms with Crippen molar-refractivity contribution in [2.45, 2.75) is 38.5 Å². The molecule has 0 N–H and O–H groups in total. The molecule has 1 aromatic carbocycles. The number of nitrogens with zero attached hydrogens (tertiary/aromatic N) is 1. The molecule has 1 heterocycles. The third-order valence-corrected chi connectivity index (χ3v) is 4.08. The van der Waals surface area contributed by atoms with Crippen molar-refractivity contribution in [2.75, 3.05) is 18.0 Å². The van der Waals surface area contributed by atoms with Crippen LogP contribution in [0.3, 0.4) is 0 Å². The van der Waals surface area contributed by atoms with E-state index in [0.29, 0.717) is 5.88 Å². The van der Waals surface area contributed by atoms with Gasteiger partial charge in [-0.1, -0.05) is 19.8 Å². The average Bonchev–Trinajstić information content (AvgIpc) is 2.39. The predicted octanol–water partition coefficient (Wildman–Crippen LogP) is 4.58. The molecule has 0 aromatic heterocycles. The Hall–Kier alpha value is -0.760. The Balaban J connectivity index is 2.02. The molecule has 0 amide bonds. The molecule has 1 aromatic rings. The van der Waals surface area contributed by atoms with Crippen LogP contribution in [0.25, 0.3) is 0 Å². The molecule has 2 rings (SSSR count). The molecule has 1 aliphatic heterocycles. The van der Waals surface area contributed by atoms with Crippen molar-refractivity contribution < 1.29 is 4.39 Å². The van der Waals surface area contributed by atoms with Crippen molar-refractivity contribution in [2.24, 2.45) is 5.92 Å². The Morgan fingerprint density at radius 3 is 2.61 bits per heavy atom. The van der Waals surface area contributed by atoms with Crippen LogP contribution in [0.5, 0.6) is 0 Å². The first-order chi connectivity index (χ1) is 8.72. The summed E-state index contributed by atoms with van der Waals surface area (Å²) in [6.45, 7) is 4.32. The van der Waals surface area contributed by atoms with Gasteiger partial charge in [-0.05, 0) is 42.5 Å². The second kappa shape index (κ2) is 6.42. The van der Waals surface area contributed by atoms with Gasteiger partial charge in [0.25, 0.3) is 0 Å². The largest absolute Gasteiger partial charge is 0.371 e. The predicted molar refractivity (Wildman–Crippen MR) is 75.8 cm³/mol. The van der Waals surface area contributed by atoms with Gasteiger partial charge >= 0.3 is 0 Å². The lowest BCUT2D eigenvalue weighted by molar-refractivity contribution is 0.378. The maximum atomic E-state index is 13.5. The second-order valence-electron chi connectivity index (χ2n) is 5.17. The van der Waals surface area contributed by atoms with Gasteiger partial charge in [0, 0.05) is 24.7 Å². The molecular weight excluding hydrogens is 249 g/mol. The van der Waals surface area contributed by atoms with Crippen LogP contribution in [0, 0.1) is 11.7 Å². The Morgan fingerprint density at radius 1 is 1.28 bits per heavy atom. The SMILES string of the molecule is CCCC1CCN(c2cc(F)cc(CCl)c2)CC1. The molecule has 0 atom stereocenters. The zero-order chi connectivity index (χ0) is 13.0. The highest BCUT2D eigenvalue weighted by Gasteiger charge is 2.19. The van der Waals surface area contributed by atoms with E-state index in [9.17, 15) is 4.39 Å². The van der Waals surface area contributed by atoms with Crippen LogP contribution >= 0.6 is 11.6 Å². The first kappa shape index (κ1) is 13.7. The number of hydrogen-bond acceptors (Lipinski definition) is 1. The lowest BCUT2D eigenvalue weighted by Gasteiger charge is -2.33. The van der Waals surface area contributed by atoms with Crippen LogP contribution in [-0.4, -0.2) is 13.1 Å². The van der Waals surface area contributed by atoms with Gasteiger partial charge < -0.3 is 4.90 Å². The molecule has 0 unspecified atom stereocenters. The molecule has 1 aliphatic rings. The lowest BCUT2D eigenvalue weighted by atomic mass is 9.92. The number of piperidine rings is 1. The monoisotopic (exact) mass is 269 g/mol. The fraction of sp³-hybridized carbons (Fsp3) is 0.600. The lowest BCUT2D eigenvalue weighted by Crippen LogP contribution is -2.33. The van der Waals surface area contributed by atoms with Gasteiger partial charge in [-0.15, -0.1) is 11.6 Å². The van der Waals surface area contributed by atoms with Gasteiger partial charge in [-0.2, -0.15) is 0 Å². The van der Waals surface area contributed by atoms with Gasteiger partial charge in [0.2, 0.25) is 0 Å². The fourth-order valence-electron chi connectivity index (χ4n) is 2.78. The second-order valence-corrected chi connectivity index (χ2v) is 5.44. The molecule has 1 saturated heterocycles. The summed E-state index contributed by atoms with van der Waals surface area (Å²) in [5.41, 5.74) is 1.85. The normalized spacial score (nSPS) is 17.2. The third-order valence-electron chi connectivity index (χ3n) is 3.77. The van der Waals surface area contributed by atoms with Crippen LogP contribution in [0.4, 0.5) is 10.1 Å². The molecule has 0 bridgehead atoms. The Kier molecular flexibility index (Phi) is 4.87. The quantitative estimate of drug-likeness (QED) is 0.723. The summed E-state index contributed by atoms with van der Waals surface area (Å²) in [7, 11) is 0. The van der Waals surface area contributed by atoms with Gasteiger partial charge in [0.15, 0.2) is 0 Å². The molecule has 100 valence electrons. The summed E-state index contributed by atoms with van der Waals surface area (Å²) in [6, 6.07) is 5.15. The molecule has 0 radical (unpaired) electrons. The molecule has 3 heteroatoms. The van der Waals surface area contributed by atoms with Gasteiger partial charge in [0.05, 0.1) is 0 Å². The van der Waals surface area contributed by atoms with E-state index in [1.807, 2.05) is 6.07 Å². The van der Waals surface area contributed by atoms with Crippen molar-refractivity contribution in [3.8, 4) is 0 Å². The highest BCUT2D eigenvalue weighted by atomic mass is 35.5. The number of halogens is 2. The smallest absolute Gasteiger partial charge is 0.125 e. The van der Waals surface area contributed by atoms with E-state index < -0.39 is 0 Å². The standard InChI is InChI=1S/C15H21ClFN/c1-2-3-12-4-6-18(7-5-12)15-9-13(11-16)8-14(17)10-15/h8-10,12H,2-7,11H2,1H3. The molecule has 1 fully saturated rings. The first-order valence-corrected chi connectivity index (χ1v) is 7.36. The number of rotatable bonds is 4. The van der Waals surface area contributed by atoms with Crippen LogP contribution in [0.2, 0.25) is 0 Å². The van der Waals surface area contributed by atoms with Crippen molar-refractivity contribution in [3.63, 3.8) is 0 Å². The van der Waals surface area contributed by atoms with Crippen LogP contribution in [-0.2, 0) is 5.88 Å². The maximum absolute atomic E-state index is 13.5. The Bertz CT molecular complexity index is 386. The summed E-state index contributed by atoms with van der Waals surface area (Å²) < 4.78 is 13.5. The first-order valence-electron chi connectivity index (χ1n) is 6.83. The minimum Gasteiger partial charge on any atom is -0.371 e. The molecule has 18 heavy (non-hydrogen) atoms. The van der Waals surface area contributed by atoms with E-state index in [1.54, 1.807) is 6.07 Å². The summed E-state index contributed by atoms with van der Waals surface area (Å²) in [6.07, 6.45) is 5.03. The van der Waals surface area contributed by atoms with Crippen molar-refractivity contribution in [1.29, 1.82) is 0 Å². The van der Waals surface area contributed by atoms with Gasteiger partial charge in [-0.25, -0.2) is 4.39 Å². The van der Waals surface area contributed by atoms with E-state index in [4.69, 9.17) is 11.6 Å². The van der Waals surface area contributed by atoms with E-state index in [1.165, 1.54) is 31.7 Å². The highest BCUT2D eigenvalue weighted by molar-refractivity contribution is 6.17.